The molecule has 1 aliphatic rings. The fourth-order valence-corrected chi connectivity index (χ4v) is 6.40. The van der Waals surface area contributed by atoms with Crippen molar-refractivity contribution >= 4 is 21.8 Å². The van der Waals surface area contributed by atoms with Crippen molar-refractivity contribution in [3.63, 3.8) is 0 Å². The van der Waals surface area contributed by atoms with E-state index in [0.29, 0.717) is 5.82 Å². The molecule has 4 aromatic carbocycles. The Balaban J connectivity index is 1.43. The third kappa shape index (κ3) is 3.23. The third-order valence-corrected chi connectivity index (χ3v) is 8.24. The fourth-order valence-electron chi connectivity index (χ4n) is 6.40. The number of benzene rings is 4. The van der Waals surface area contributed by atoms with Crippen molar-refractivity contribution in [3.05, 3.63) is 133 Å². The van der Waals surface area contributed by atoms with E-state index in [0.717, 1.165) is 39.5 Å². The van der Waals surface area contributed by atoms with Crippen molar-refractivity contribution in [2.45, 2.75) is 19.3 Å². The van der Waals surface area contributed by atoms with Gasteiger partial charge in [0.1, 0.15) is 0 Å². The van der Waals surface area contributed by atoms with E-state index in [-0.39, 0.29) is 5.41 Å². The summed E-state index contributed by atoms with van der Waals surface area (Å²) in [4.78, 5) is 15.1. The first-order valence-corrected chi connectivity index (χ1v) is 13.6. The molecule has 0 amide bonds. The Morgan fingerprint density at radius 3 is 1.98 bits per heavy atom. The lowest BCUT2D eigenvalue weighted by molar-refractivity contribution is 0.657. The Hall–Kier alpha value is -5.09. The van der Waals surface area contributed by atoms with Crippen LogP contribution in [0.5, 0.6) is 0 Å². The molecule has 40 heavy (non-hydrogen) atoms. The Bertz CT molecular complexity index is 2020. The van der Waals surface area contributed by atoms with Crippen LogP contribution in [-0.2, 0) is 5.41 Å². The molecule has 0 unspecified atom stereocenters. The van der Waals surface area contributed by atoms with Crippen LogP contribution in [0.4, 0.5) is 0 Å². The molecule has 0 saturated carbocycles. The summed E-state index contributed by atoms with van der Waals surface area (Å²) in [5, 5.41) is 2.51. The second-order valence-electron chi connectivity index (χ2n) is 10.9. The SMILES string of the molecule is CC1(C)c2ccc(-n3c4ccccc4c4ccccc43)cc2-c2nc(-c3ccccc3)nc(-c3ccccn3)c21. The number of nitrogens with zero attached hydrogens (tertiary/aromatic N) is 4. The van der Waals surface area contributed by atoms with E-state index in [1.807, 2.05) is 42.6 Å². The van der Waals surface area contributed by atoms with Crippen LogP contribution in [0.1, 0.15) is 25.0 Å². The highest BCUT2D eigenvalue weighted by Gasteiger charge is 2.40. The van der Waals surface area contributed by atoms with Gasteiger partial charge in [-0.3, -0.25) is 4.98 Å². The topological polar surface area (TPSA) is 43.6 Å². The van der Waals surface area contributed by atoms with Gasteiger partial charge >= 0.3 is 0 Å². The maximum absolute atomic E-state index is 5.25. The van der Waals surface area contributed by atoms with Crippen LogP contribution >= 0.6 is 0 Å². The van der Waals surface area contributed by atoms with Gasteiger partial charge in [0.15, 0.2) is 5.82 Å². The number of pyridine rings is 1. The normalized spacial score (nSPS) is 13.4. The van der Waals surface area contributed by atoms with Gasteiger partial charge in [-0.05, 0) is 42.0 Å². The number of rotatable bonds is 3. The Kier molecular flexibility index (Phi) is 4.83. The minimum Gasteiger partial charge on any atom is -0.309 e. The van der Waals surface area contributed by atoms with E-state index in [4.69, 9.17) is 15.0 Å². The maximum atomic E-state index is 5.25. The molecule has 4 nitrogen and oxygen atoms in total. The number of fused-ring (bicyclic) bond motifs is 6. The summed E-state index contributed by atoms with van der Waals surface area (Å²) in [7, 11) is 0. The molecule has 0 N–H and O–H groups in total. The van der Waals surface area contributed by atoms with Crippen LogP contribution in [0.3, 0.4) is 0 Å². The monoisotopic (exact) mass is 514 g/mol. The summed E-state index contributed by atoms with van der Waals surface area (Å²) in [6.07, 6.45) is 1.83. The molecule has 0 bridgehead atoms. The molecule has 1 aliphatic carbocycles. The zero-order chi connectivity index (χ0) is 26.8. The number of hydrogen-bond donors (Lipinski definition) is 0. The van der Waals surface area contributed by atoms with Gasteiger partial charge in [-0.2, -0.15) is 0 Å². The summed E-state index contributed by atoms with van der Waals surface area (Å²) in [5.74, 6) is 0.714. The molecule has 0 fully saturated rings. The lowest BCUT2D eigenvalue weighted by Gasteiger charge is -2.23. The van der Waals surface area contributed by atoms with Gasteiger partial charge in [0.2, 0.25) is 0 Å². The zero-order valence-corrected chi connectivity index (χ0v) is 22.3. The average Bonchev–Trinajstić information content (AvgIpc) is 3.46. The smallest absolute Gasteiger partial charge is 0.160 e. The molecular formula is C36H26N4. The molecule has 4 heteroatoms. The molecule has 0 saturated heterocycles. The van der Waals surface area contributed by atoms with Gasteiger partial charge in [-0.25, -0.2) is 9.97 Å². The molecule has 3 aromatic heterocycles. The number of hydrogen-bond acceptors (Lipinski definition) is 3. The highest BCUT2D eigenvalue weighted by molar-refractivity contribution is 6.09. The van der Waals surface area contributed by atoms with E-state index in [1.54, 1.807) is 0 Å². The first-order valence-electron chi connectivity index (χ1n) is 13.6. The Labute approximate surface area is 232 Å². The first kappa shape index (κ1) is 22.9. The summed E-state index contributed by atoms with van der Waals surface area (Å²) in [6.45, 7) is 4.55. The van der Waals surface area contributed by atoms with Crippen molar-refractivity contribution < 1.29 is 0 Å². The Morgan fingerprint density at radius 2 is 1.27 bits per heavy atom. The van der Waals surface area contributed by atoms with Gasteiger partial charge in [-0.15, -0.1) is 0 Å². The maximum Gasteiger partial charge on any atom is 0.160 e. The summed E-state index contributed by atoms with van der Waals surface area (Å²) < 4.78 is 2.37. The number of para-hydroxylation sites is 2. The Morgan fingerprint density at radius 1 is 0.625 bits per heavy atom. The average molecular weight is 515 g/mol. The summed E-state index contributed by atoms with van der Waals surface area (Å²) in [5.41, 5.74) is 10.5. The van der Waals surface area contributed by atoms with E-state index >= 15 is 0 Å². The van der Waals surface area contributed by atoms with Crippen molar-refractivity contribution in [1.29, 1.82) is 0 Å². The fraction of sp³-hybridized carbons (Fsp3) is 0.0833. The van der Waals surface area contributed by atoms with Crippen LogP contribution < -0.4 is 0 Å². The molecular weight excluding hydrogens is 488 g/mol. The van der Waals surface area contributed by atoms with Crippen LogP contribution in [0, 0.1) is 0 Å². The minimum absolute atomic E-state index is 0.286. The van der Waals surface area contributed by atoms with Gasteiger partial charge in [0, 0.05) is 44.8 Å². The lowest BCUT2D eigenvalue weighted by atomic mass is 9.81. The van der Waals surface area contributed by atoms with Crippen molar-refractivity contribution in [2.75, 3.05) is 0 Å². The van der Waals surface area contributed by atoms with Crippen LogP contribution in [-0.4, -0.2) is 19.5 Å². The predicted molar refractivity (Wildman–Crippen MR) is 163 cm³/mol. The molecule has 0 spiro atoms. The molecule has 190 valence electrons. The third-order valence-electron chi connectivity index (χ3n) is 8.24. The summed E-state index contributed by atoms with van der Waals surface area (Å²) in [6, 6.07) is 40.3. The van der Waals surface area contributed by atoms with Gasteiger partial charge in [0.25, 0.3) is 0 Å². The number of aromatic nitrogens is 4. The van der Waals surface area contributed by atoms with Crippen LogP contribution in [0.25, 0.3) is 61.5 Å². The van der Waals surface area contributed by atoms with E-state index in [9.17, 15) is 0 Å². The second-order valence-corrected chi connectivity index (χ2v) is 10.9. The van der Waals surface area contributed by atoms with Crippen LogP contribution in [0.15, 0.2) is 121 Å². The zero-order valence-electron chi connectivity index (χ0n) is 22.3. The predicted octanol–water partition coefficient (Wildman–Crippen LogP) is 8.61. The highest BCUT2D eigenvalue weighted by Crippen LogP contribution is 2.52. The van der Waals surface area contributed by atoms with Crippen molar-refractivity contribution in [3.8, 4) is 39.7 Å². The van der Waals surface area contributed by atoms with Crippen LogP contribution in [0.2, 0.25) is 0 Å². The van der Waals surface area contributed by atoms with Gasteiger partial charge in [0.05, 0.1) is 28.1 Å². The highest BCUT2D eigenvalue weighted by atomic mass is 15.0. The van der Waals surface area contributed by atoms with Gasteiger partial charge in [-0.1, -0.05) is 92.7 Å². The molecule has 8 rings (SSSR count). The lowest BCUT2D eigenvalue weighted by Crippen LogP contribution is -2.18. The molecule has 7 aromatic rings. The second kappa shape index (κ2) is 8.45. The minimum atomic E-state index is -0.286. The van der Waals surface area contributed by atoms with E-state index in [1.165, 1.54) is 27.4 Å². The quantitative estimate of drug-likeness (QED) is 0.237. The molecule has 3 heterocycles. The standard InChI is InChI=1S/C36H26N4/c1-36(2)28-20-19-24(40-30-17-8-6-14-25(30)26-15-7-9-18-31(26)40)22-27(28)33-32(36)34(29-16-10-11-21-37-29)39-35(38-33)23-12-4-3-5-13-23/h3-22H,1-2H3. The molecule has 0 radical (unpaired) electrons. The van der Waals surface area contributed by atoms with Gasteiger partial charge < -0.3 is 4.57 Å². The van der Waals surface area contributed by atoms with Crippen molar-refractivity contribution in [1.82, 2.24) is 19.5 Å². The molecule has 0 atom stereocenters. The first-order chi connectivity index (χ1) is 19.6. The van der Waals surface area contributed by atoms with E-state index < -0.39 is 0 Å². The largest absolute Gasteiger partial charge is 0.309 e. The summed E-state index contributed by atoms with van der Waals surface area (Å²) >= 11 is 0. The van der Waals surface area contributed by atoms with E-state index in [2.05, 4.69) is 97.3 Å². The van der Waals surface area contributed by atoms with Crippen molar-refractivity contribution in [2.24, 2.45) is 0 Å². The molecule has 0 aliphatic heterocycles.